The molecule has 1 aromatic rings. The minimum atomic E-state index is 0.518. The Morgan fingerprint density at radius 3 is 2.71 bits per heavy atom. The summed E-state index contributed by atoms with van der Waals surface area (Å²) in [4.78, 5) is 0. The van der Waals surface area contributed by atoms with Crippen molar-refractivity contribution in [2.24, 2.45) is 5.92 Å². The highest BCUT2D eigenvalue weighted by atomic mass is 14.2. The van der Waals surface area contributed by atoms with Crippen molar-refractivity contribution in [2.75, 3.05) is 0 Å². The van der Waals surface area contributed by atoms with Crippen LogP contribution in [0.1, 0.15) is 52.4 Å². The van der Waals surface area contributed by atoms with E-state index < -0.39 is 0 Å². The standard InChI is InChI=1S/C17H22/c1-15(14-17-10-6-3-7-11-17)12-13-16-8-4-2-5-9-16/h2,4-5,8-9,13,17H,3,6-7,10-11,14H2,1H3/i13D. The van der Waals surface area contributed by atoms with Crippen LogP contribution in [0.5, 0.6) is 0 Å². The third-order valence-corrected chi connectivity index (χ3v) is 3.51. The maximum Gasteiger partial charge on any atom is 0.0720 e. The third kappa shape index (κ3) is 4.24. The number of benzene rings is 1. The highest BCUT2D eigenvalue weighted by molar-refractivity contribution is 5.48. The lowest BCUT2D eigenvalue weighted by molar-refractivity contribution is 0.356. The van der Waals surface area contributed by atoms with E-state index in [-0.39, 0.29) is 0 Å². The van der Waals surface area contributed by atoms with Gasteiger partial charge in [0.15, 0.2) is 0 Å². The molecule has 17 heavy (non-hydrogen) atoms. The highest BCUT2D eigenvalue weighted by Crippen LogP contribution is 2.28. The van der Waals surface area contributed by atoms with Gasteiger partial charge in [0.25, 0.3) is 0 Å². The molecule has 0 N–H and O–H groups in total. The molecule has 0 heteroatoms. The van der Waals surface area contributed by atoms with Gasteiger partial charge >= 0.3 is 0 Å². The summed E-state index contributed by atoms with van der Waals surface area (Å²) in [7, 11) is 0. The Morgan fingerprint density at radius 1 is 1.29 bits per heavy atom. The van der Waals surface area contributed by atoms with Crippen molar-refractivity contribution in [3.8, 4) is 0 Å². The predicted molar refractivity (Wildman–Crippen MR) is 74.8 cm³/mol. The summed E-state index contributed by atoms with van der Waals surface area (Å²) >= 11 is 0. The van der Waals surface area contributed by atoms with Crippen LogP contribution in [-0.2, 0) is 0 Å². The fourth-order valence-corrected chi connectivity index (χ4v) is 2.58. The van der Waals surface area contributed by atoms with Gasteiger partial charge in [-0.25, -0.2) is 0 Å². The van der Waals surface area contributed by atoms with E-state index in [2.05, 4.69) is 12.7 Å². The monoisotopic (exact) mass is 227 g/mol. The Labute approximate surface area is 106 Å². The van der Waals surface area contributed by atoms with Crippen LogP contribution in [0.3, 0.4) is 0 Å². The summed E-state index contributed by atoms with van der Waals surface area (Å²) in [5.74, 6) is 0.829. The Kier molecular flexibility index (Phi) is 4.14. The zero-order chi connectivity index (χ0) is 12.8. The molecule has 0 atom stereocenters. The maximum atomic E-state index is 8.05. The topological polar surface area (TPSA) is 0 Å². The van der Waals surface area contributed by atoms with Crippen LogP contribution in [0.15, 0.2) is 41.6 Å². The molecule has 1 aliphatic carbocycles. The van der Waals surface area contributed by atoms with Crippen LogP contribution in [0.25, 0.3) is 6.05 Å². The van der Waals surface area contributed by atoms with Crippen molar-refractivity contribution in [1.82, 2.24) is 0 Å². The second-order valence-electron chi connectivity index (χ2n) is 5.10. The van der Waals surface area contributed by atoms with E-state index in [1.165, 1.54) is 37.7 Å². The highest BCUT2D eigenvalue weighted by Gasteiger charge is 2.13. The van der Waals surface area contributed by atoms with E-state index in [0.717, 1.165) is 17.9 Å². The fraction of sp³-hybridized carbons (Fsp3) is 0.471. The van der Waals surface area contributed by atoms with Crippen LogP contribution in [0.4, 0.5) is 0 Å². The molecule has 0 radical (unpaired) electrons. The van der Waals surface area contributed by atoms with E-state index in [1.54, 1.807) is 0 Å². The van der Waals surface area contributed by atoms with Gasteiger partial charge in [0.2, 0.25) is 0 Å². The molecule has 1 aromatic carbocycles. The van der Waals surface area contributed by atoms with Gasteiger partial charge in [-0.3, -0.25) is 0 Å². The average molecular weight is 227 g/mol. The van der Waals surface area contributed by atoms with Gasteiger partial charge in [-0.05, 0) is 36.5 Å². The quantitative estimate of drug-likeness (QED) is 0.621. The molecule has 1 aliphatic rings. The molecule has 1 saturated carbocycles. The van der Waals surface area contributed by atoms with Crippen molar-refractivity contribution in [1.29, 1.82) is 0 Å². The van der Waals surface area contributed by atoms with Gasteiger partial charge in [0, 0.05) is 0 Å². The largest absolute Gasteiger partial charge is 0.121 e. The van der Waals surface area contributed by atoms with Gasteiger partial charge in [-0.2, -0.15) is 0 Å². The molecular weight excluding hydrogens is 204 g/mol. The molecule has 0 spiro atoms. The Hall–Kier alpha value is -1.26. The van der Waals surface area contributed by atoms with Crippen LogP contribution < -0.4 is 0 Å². The van der Waals surface area contributed by atoms with E-state index in [0.29, 0.717) is 6.05 Å². The normalized spacial score (nSPS) is 17.1. The van der Waals surface area contributed by atoms with Crippen LogP contribution in [0, 0.1) is 5.92 Å². The first-order valence-electron chi connectivity index (χ1n) is 7.24. The Morgan fingerprint density at radius 2 is 2.00 bits per heavy atom. The summed E-state index contributed by atoms with van der Waals surface area (Å²) in [5, 5.41) is 0. The number of hydrogen-bond donors (Lipinski definition) is 0. The van der Waals surface area contributed by atoms with Crippen molar-refractivity contribution in [3.63, 3.8) is 0 Å². The maximum absolute atomic E-state index is 8.05. The first-order chi connectivity index (χ1) is 8.75. The Bertz CT molecular complexity index is 432. The fourth-order valence-electron chi connectivity index (χ4n) is 2.58. The van der Waals surface area contributed by atoms with Gasteiger partial charge in [-0.15, -0.1) is 5.73 Å². The molecule has 90 valence electrons. The summed E-state index contributed by atoms with van der Waals surface area (Å²) in [6, 6.07) is 10.4. The summed E-state index contributed by atoms with van der Waals surface area (Å²) in [5.41, 5.74) is 5.43. The molecular formula is C17H22. The van der Waals surface area contributed by atoms with E-state index in [4.69, 9.17) is 1.37 Å². The van der Waals surface area contributed by atoms with Crippen molar-refractivity contribution >= 4 is 6.05 Å². The SMILES string of the molecule is [2H]C(=C=C(C)CC1CCCCC1)c1ccccc1. The zero-order valence-corrected chi connectivity index (χ0v) is 10.7. The molecule has 0 heterocycles. The number of rotatable bonds is 3. The number of allylic oxidation sites excluding steroid dienone is 1. The molecule has 0 aromatic heterocycles. The van der Waals surface area contributed by atoms with Crippen LogP contribution in [0.2, 0.25) is 0 Å². The van der Waals surface area contributed by atoms with Crippen molar-refractivity contribution < 1.29 is 1.37 Å². The summed E-state index contributed by atoms with van der Waals surface area (Å²) in [6.07, 6.45) is 8.01. The molecule has 0 unspecified atom stereocenters. The first kappa shape index (κ1) is 10.9. The van der Waals surface area contributed by atoms with E-state index in [1.807, 2.05) is 30.3 Å². The molecule has 0 aliphatic heterocycles. The van der Waals surface area contributed by atoms with Crippen molar-refractivity contribution in [2.45, 2.75) is 45.4 Å². The predicted octanol–water partition coefficient (Wildman–Crippen LogP) is 5.22. The third-order valence-electron chi connectivity index (χ3n) is 3.51. The van der Waals surface area contributed by atoms with Gasteiger partial charge in [-0.1, -0.05) is 62.4 Å². The van der Waals surface area contributed by atoms with E-state index >= 15 is 0 Å². The zero-order valence-electron chi connectivity index (χ0n) is 11.7. The van der Waals surface area contributed by atoms with Gasteiger partial charge in [0.1, 0.15) is 0 Å². The van der Waals surface area contributed by atoms with Crippen molar-refractivity contribution in [3.05, 3.63) is 47.2 Å². The van der Waals surface area contributed by atoms with Gasteiger partial charge in [0.05, 0.1) is 1.37 Å². The van der Waals surface area contributed by atoms with E-state index in [9.17, 15) is 0 Å². The molecule has 0 amide bonds. The molecule has 0 bridgehead atoms. The molecule has 2 rings (SSSR count). The van der Waals surface area contributed by atoms with Gasteiger partial charge < -0.3 is 0 Å². The molecule has 0 nitrogen and oxygen atoms in total. The summed E-state index contributed by atoms with van der Waals surface area (Å²) < 4.78 is 8.05. The summed E-state index contributed by atoms with van der Waals surface area (Å²) in [6.45, 7) is 2.12. The molecule has 1 fully saturated rings. The second-order valence-corrected chi connectivity index (χ2v) is 5.10. The number of hydrogen-bond acceptors (Lipinski definition) is 0. The van der Waals surface area contributed by atoms with Crippen LogP contribution >= 0.6 is 0 Å². The lowest BCUT2D eigenvalue weighted by Gasteiger charge is -2.20. The average Bonchev–Trinajstić information content (AvgIpc) is 2.40. The first-order valence-corrected chi connectivity index (χ1v) is 6.74. The van der Waals surface area contributed by atoms with Crippen LogP contribution in [-0.4, -0.2) is 0 Å². The molecule has 0 saturated heterocycles. The minimum absolute atomic E-state index is 0.518. The Balaban J connectivity index is 2.06. The second kappa shape index (κ2) is 6.47. The smallest absolute Gasteiger partial charge is 0.0720 e. The lowest BCUT2D eigenvalue weighted by atomic mass is 9.85. The minimum Gasteiger partial charge on any atom is -0.121 e. The lowest BCUT2D eigenvalue weighted by Crippen LogP contribution is -2.05.